The maximum absolute atomic E-state index is 13.3. The van der Waals surface area contributed by atoms with E-state index >= 15 is 0 Å². The number of hydrogen-bond donors (Lipinski definition) is 1. The Hall–Kier alpha value is -2.40. The number of rotatable bonds is 9. The van der Waals surface area contributed by atoms with Gasteiger partial charge in [-0.25, -0.2) is 8.42 Å². The molecule has 0 unspecified atom stereocenters. The lowest BCUT2D eigenvalue weighted by atomic mass is 10.0. The van der Waals surface area contributed by atoms with E-state index in [9.17, 15) is 18.0 Å². The Labute approximate surface area is 218 Å². The molecule has 2 aromatic rings. The Morgan fingerprint density at radius 1 is 1.14 bits per heavy atom. The second kappa shape index (κ2) is 11.8. The van der Waals surface area contributed by atoms with Gasteiger partial charge in [0.2, 0.25) is 21.8 Å². The van der Waals surface area contributed by atoms with Crippen LogP contribution in [0.5, 0.6) is 0 Å². The van der Waals surface area contributed by atoms with E-state index in [0.717, 1.165) is 24.3 Å². The smallest absolute Gasteiger partial charge is 0.243 e. The molecule has 2 amide bonds. The number of carbonyl (C=O) groups is 2. The van der Waals surface area contributed by atoms with E-state index in [1.807, 2.05) is 25.2 Å². The van der Waals surface area contributed by atoms with Crippen molar-refractivity contribution in [1.82, 2.24) is 14.5 Å². The van der Waals surface area contributed by atoms with Crippen molar-refractivity contribution in [3.8, 4) is 0 Å². The number of nitrogens with zero attached hydrogens (tertiary/aromatic N) is 3. The van der Waals surface area contributed by atoms with Crippen molar-refractivity contribution in [1.29, 1.82) is 0 Å². The van der Waals surface area contributed by atoms with Gasteiger partial charge in [-0.2, -0.15) is 4.31 Å². The zero-order chi connectivity index (χ0) is 25.7. The Balaban J connectivity index is 1.39. The van der Waals surface area contributed by atoms with Crippen LogP contribution in [0.25, 0.3) is 0 Å². The van der Waals surface area contributed by atoms with Crippen LogP contribution in [0, 0.1) is 5.92 Å². The number of thioether (sulfide) groups is 1. The van der Waals surface area contributed by atoms with Crippen molar-refractivity contribution < 1.29 is 18.0 Å². The molecule has 1 fully saturated rings. The van der Waals surface area contributed by atoms with Gasteiger partial charge >= 0.3 is 0 Å². The van der Waals surface area contributed by atoms with Gasteiger partial charge in [0.15, 0.2) is 0 Å². The molecule has 1 saturated heterocycles. The Morgan fingerprint density at radius 2 is 1.86 bits per heavy atom. The summed E-state index contributed by atoms with van der Waals surface area (Å²) in [5, 5.41) is 2.89. The van der Waals surface area contributed by atoms with Crippen LogP contribution in [0.1, 0.15) is 25.3 Å². The third-order valence-corrected chi connectivity index (χ3v) is 9.61. The molecule has 0 spiro atoms. The van der Waals surface area contributed by atoms with Crippen LogP contribution in [-0.4, -0.2) is 75.0 Å². The van der Waals surface area contributed by atoms with Gasteiger partial charge in [-0.15, -0.1) is 11.8 Å². The number of nitrogens with one attached hydrogen (secondary N) is 1. The average Bonchev–Trinajstić information content (AvgIpc) is 2.86. The maximum atomic E-state index is 13.3. The minimum atomic E-state index is -3.66. The van der Waals surface area contributed by atoms with Gasteiger partial charge < -0.3 is 15.1 Å². The molecule has 0 radical (unpaired) electrons. The first-order valence-corrected chi connectivity index (χ1v) is 14.7. The van der Waals surface area contributed by atoms with E-state index in [2.05, 4.69) is 29.3 Å². The van der Waals surface area contributed by atoms with Gasteiger partial charge in [0.1, 0.15) is 6.54 Å². The van der Waals surface area contributed by atoms with E-state index in [1.165, 1.54) is 26.5 Å². The Bertz CT molecular complexity index is 1180. The van der Waals surface area contributed by atoms with Crippen LogP contribution in [-0.2, 0) is 26.2 Å². The van der Waals surface area contributed by atoms with Crippen molar-refractivity contribution in [2.24, 2.45) is 5.92 Å². The van der Waals surface area contributed by atoms with Gasteiger partial charge in [0.05, 0.1) is 16.3 Å². The molecule has 0 bridgehead atoms. The Morgan fingerprint density at radius 3 is 2.58 bits per heavy atom. The predicted octanol–water partition coefficient (Wildman–Crippen LogP) is 2.79. The zero-order valence-corrected chi connectivity index (χ0v) is 22.5. The highest BCUT2D eigenvalue weighted by Gasteiger charge is 2.32. The van der Waals surface area contributed by atoms with E-state index in [-0.39, 0.29) is 29.0 Å². The zero-order valence-electron chi connectivity index (χ0n) is 20.9. The summed E-state index contributed by atoms with van der Waals surface area (Å²) in [6.45, 7) is 4.89. The fourth-order valence-corrected chi connectivity index (χ4v) is 6.86. The number of sulfonamides is 1. The Kier molecular flexibility index (Phi) is 8.71. The first-order valence-electron chi connectivity index (χ1n) is 12.3. The van der Waals surface area contributed by atoms with Crippen LogP contribution in [0.15, 0.2) is 58.3 Å². The van der Waals surface area contributed by atoms with E-state index in [1.54, 1.807) is 18.2 Å². The van der Waals surface area contributed by atoms with Gasteiger partial charge in [-0.1, -0.05) is 37.3 Å². The van der Waals surface area contributed by atoms with E-state index in [0.29, 0.717) is 37.8 Å². The summed E-state index contributed by atoms with van der Waals surface area (Å²) < 4.78 is 28.0. The molecule has 0 saturated carbocycles. The normalized spacial score (nSPS) is 17.3. The summed E-state index contributed by atoms with van der Waals surface area (Å²) in [5.74, 6) is 0.259. The maximum Gasteiger partial charge on any atom is 0.243 e. The van der Waals surface area contributed by atoms with Crippen molar-refractivity contribution in [2.45, 2.75) is 36.1 Å². The number of piperidine rings is 1. The highest BCUT2D eigenvalue weighted by molar-refractivity contribution is 8.00. The largest absolute Gasteiger partial charge is 0.353 e. The molecule has 2 aliphatic heterocycles. The molecular weight excluding hydrogens is 496 g/mol. The van der Waals surface area contributed by atoms with Crippen molar-refractivity contribution in [3.05, 3.63) is 54.1 Å². The number of benzene rings is 2. The molecule has 2 heterocycles. The summed E-state index contributed by atoms with van der Waals surface area (Å²) in [6, 6.07) is 15.0. The van der Waals surface area contributed by atoms with Crippen molar-refractivity contribution in [2.75, 3.05) is 50.4 Å². The number of amides is 2. The molecule has 194 valence electrons. The molecule has 0 aliphatic carbocycles. The second-order valence-electron chi connectivity index (χ2n) is 9.56. The van der Waals surface area contributed by atoms with Crippen molar-refractivity contribution >= 4 is 39.3 Å². The summed E-state index contributed by atoms with van der Waals surface area (Å²) >= 11 is 1.37. The van der Waals surface area contributed by atoms with E-state index < -0.39 is 10.0 Å². The average molecular weight is 531 g/mol. The van der Waals surface area contributed by atoms with E-state index in [4.69, 9.17) is 0 Å². The summed E-state index contributed by atoms with van der Waals surface area (Å²) in [6.07, 6.45) is 1.68. The van der Waals surface area contributed by atoms with Gasteiger partial charge in [-0.3, -0.25) is 9.59 Å². The first-order chi connectivity index (χ1) is 17.2. The lowest BCUT2D eigenvalue weighted by Crippen LogP contribution is -2.44. The first kappa shape index (κ1) is 26.7. The molecule has 2 aliphatic rings. The number of anilines is 1. The predicted molar refractivity (Wildman–Crippen MR) is 142 cm³/mol. The minimum absolute atomic E-state index is 0.139. The standard InChI is InChI=1S/C26H34N4O4S2/c1-20-10-13-29(14-11-20)36(33,34)22-8-9-24-23(16-22)30(26(32)19-35-24)18-25(31)27-12-15-28(2)17-21-6-4-3-5-7-21/h3-9,16,20H,10-15,17-19H2,1-2H3,(H,27,31). The molecule has 36 heavy (non-hydrogen) atoms. The number of hydrogen-bond acceptors (Lipinski definition) is 6. The summed E-state index contributed by atoms with van der Waals surface area (Å²) in [7, 11) is -1.67. The molecule has 4 rings (SSSR count). The second-order valence-corrected chi connectivity index (χ2v) is 12.5. The molecule has 2 aromatic carbocycles. The number of carbonyl (C=O) groups excluding carboxylic acids is 2. The number of fused-ring (bicyclic) bond motifs is 1. The molecule has 8 nitrogen and oxygen atoms in total. The molecular formula is C26H34N4O4S2. The van der Waals surface area contributed by atoms with Crippen LogP contribution in [0.4, 0.5) is 5.69 Å². The lowest BCUT2D eigenvalue weighted by molar-refractivity contribution is -0.123. The van der Waals surface area contributed by atoms with Crippen LogP contribution in [0.3, 0.4) is 0 Å². The molecule has 10 heteroatoms. The highest BCUT2D eigenvalue weighted by Crippen LogP contribution is 2.37. The summed E-state index contributed by atoms with van der Waals surface area (Å²) in [5.41, 5.74) is 1.68. The third-order valence-electron chi connectivity index (χ3n) is 6.67. The fraction of sp³-hybridized carbons (Fsp3) is 0.462. The summed E-state index contributed by atoms with van der Waals surface area (Å²) in [4.78, 5) is 29.9. The van der Waals surface area contributed by atoms with Crippen LogP contribution < -0.4 is 10.2 Å². The molecule has 1 N–H and O–H groups in total. The number of likely N-dealkylation sites (N-methyl/N-ethyl adjacent to an activating group) is 1. The van der Waals surface area contributed by atoms with Crippen molar-refractivity contribution in [3.63, 3.8) is 0 Å². The third kappa shape index (κ3) is 6.47. The fourth-order valence-electron chi connectivity index (χ4n) is 4.45. The van der Waals surface area contributed by atoms with Crippen LogP contribution >= 0.6 is 11.8 Å². The van der Waals surface area contributed by atoms with Gasteiger partial charge in [0, 0.05) is 37.6 Å². The highest BCUT2D eigenvalue weighted by atomic mass is 32.2. The minimum Gasteiger partial charge on any atom is -0.353 e. The quantitative estimate of drug-likeness (QED) is 0.536. The topological polar surface area (TPSA) is 90.0 Å². The van der Waals surface area contributed by atoms with Crippen LogP contribution in [0.2, 0.25) is 0 Å². The monoisotopic (exact) mass is 530 g/mol. The SMILES string of the molecule is CC1CCN(S(=O)(=O)c2ccc3c(c2)N(CC(=O)NCCN(C)Cc2ccccc2)C(=O)CS3)CC1. The molecule has 0 aromatic heterocycles. The molecule has 0 atom stereocenters. The van der Waals surface area contributed by atoms with Gasteiger partial charge in [-0.05, 0) is 49.6 Å². The lowest BCUT2D eigenvalue weighted by Gasteiger charge is -2.31. The van der Waals surface area contributed by atoms with Gasteiger partial charge in [0.25, 0.3) is 0 Å².